The zero-order valence-electron chi connectivity index (χ0n) is 15.1. The van der Waals surface area contributed by atoms with E-state index in [2.05, 4.69) is 0 Å². The second-order valence-corrected chi connectivity index (χ2v) is 6.40. The summed E-state index contributed by atoms with van der Waals surface area (Å²) < 4.78 is 29.5. The number of rotatable bonds is 3. The first kappa shape index (κ1) is 17.7. The van der Waals surface area contributed by atoms with Crippen LogP contribution in [0.4, 0.5) is 4.39 Å². The Morgan fingerprint density at radius 1 is 1.07 bits per heavy atom. The summed E-state index contributed by atoms with van der Waals surface area (Å²) in [6.45, 7) is 3.54. The highest BCUT2D eigenvalue weighted by atomic mass is 19.1. The monoisotopic (exact) mass is 378 g/mol. The summed E-state index contributed by atoms with van der Waals surface area (Å²) in [6, 6.07) is 11.6. The van der Waals surface area contributed by atoms with Gasteiger partial charge in [-0.25, -0.2) is 9.18 Å². The second-order valence-electron chi connectivity index (χ2n) is 6.40. The van der Waals surface area contributed by atoms with Gasteiger partial charge in [-0.3, -0.25) is 4.79 Å². The molecule has 0 fully saturated rings. The van der Waals surface area contributed by atoms with Gasteiger partial charge in [-0.1, -0.05) is 0 Å². The van der Waals surface area contributed by atoms with Crippen molar-refractivity contribution in [2.45, 2.75) is 13.8 Å². The normalized spacial score (nSPS) is 14.1. The summed E-state index contributed by atoms with van der Waals surface area (Å²) >= 11 is 0. The van der Waals surface area contributed by atoms with Crippen molar-refractivity contribution in [1.82, 2.24) is 0 Å². The van der Waals surface area contributed by atoms with Gasteiger partial charge in [0.05, 0.1) is 11.1 Å². The van der Waals surface area contributed by atoms with Crippen molar-refractivity contribution >= 4 is 17.8 Å². The molecule has 0 spiro atoms. The summed E-state index contributed by atoms with van der Waals surface area (Å²) in [5.74, 6) is 0.561. The molecular formula is C22H15FO5. The van der Waals surface area contributed by atoms with Gasteiger partial charge in [0.25, 0.3) is 0 Å². The number of ketones is 1. The highest BCUT2D eigenvalue weighted by Crippen LogP contribution is 2.37. The van der Waals surface area contributed by atoms with E-state index in [0.29, 0.717) is 22.6 Å². The Morgan fingerprint density at radius 3 is 2.50 bits per heavy atom. The van der Waals surface area contributed by atoms with Gasteiger partial charge in [-0.05, 0) is 61.9 Å². The van der Waals surface area contributed by atoms with Crippen LogP contribution in [-0.2, 0) is 0 Å². The lowest BCUT2D eigenvalue weighted by molar-refractivity contribution is 0.0734. The van der Waals surface area contributed by atoms with Crippen molar-refractivity contribution in [3.8, 4) is 11.5 Å². The van der Waals surface area contributed by atoms with Crippen LogP contribution < -0.4 is 9.47 Å². The van der Waals surface area contributed by atoms with Crippen LogP contribution in [0.1, 0.15) is 37.8 Å². The third-order valence-corrected chi connectivity index (χ3v) is 4.27. The van der Waals surface area contributed by atoms with Gasteiger partial charge in [0, 0.05) is 12.1 Å². The largest absolute Gasteiger partial charge is 0.462 e. The number of benzene rings is 2. The number of allylic oxidation sites excluding steroid dienone is 1. The van der Waals surface area contributed by atoms with E-state index in [-0.39, 0.29) is 22.9 Å². The van der Waals surface area contributed by atoms with E-state index >= 15 is 0 Å². The number of carbonyl (C=O) groups is 2. The average molecular weight is 378 g/mol. The standard InChI is InChI=1S/C22H15FO5/c1-12-9-17(27-22(25)14-4-6-15(23)7-5-14)11-18-20(12)21(24)19(28-18)10-16-8-3-13(2)26-16/h3-11H,1-2H3/b19-10-. The van der Waals surface area contributed by atoms with Crippen LogP contribution in [0, 0.1) is 19.7 Å². The van der Waals surface area contributed by atoms with Gasteiger partial charge < -0.3 is 13.9 Å². The summed E-state index contributed by atoms with van der Waals surface area (Å²) in [6.07, 6.45) is 1.53. The number of esters is 1. The van der Waals surface area contributed by atoms with Crippen molar-refractivity contribution < 1.29 is 27.9 Å². The van der Waals surface area contributed by atoms with E-state index in [0.717, 1.165) is 5.76 Å². The number of Topliss-reactive ketones (excluding diaryl/α,β-unsaturated/α-hetero) is 1. The summed E-state index contributed by atoms with van der Waals surface area (Å²) in [5, 5.41) is 0. The molecule has 3 aromatic rings. The Balaban J connectivity index is 1.60. The molecule has 0 atom stereocenters. The molecule has 0 aliphatic carbocycles. The second kappa shape index (κ2) is 6.81. The molecular weight excluding hydrogens is 363 g/mol. The number of hydrogen-bond acceptors (Lipinski definition) is 5. The number of carbonyl (C=O) groups excluding carboxylic acids is 2. The van der Waals surface area contributed by atoms with E-state index in [1.165, 1.54) is 36.4 Å². The molecule has 0 saturated carbocycles. The van der Waals surface area contributed by atoms with E-state index in [1.807, 2.05) is 0 Å². The molecule has 4 rings (SSSR count). The highest BCUT2D eigenvalue weighted by molar-refractivity contribution is 6.15. The summed E-state index contributed by atoms with van der Waals surface area (Å²) in [4.78, 5) is 24.9. The third-order valence-electron chi connectivity index (χ3n) is 4.27. The van der Waals surface area contributed by atoms with Crippen LogP contribution in [0.2, 0.25) is 0 Å². The van der Waals surface area contributed by atoms with Gasteiger partial charge in [-0.2, -0.15) is 0 Å². The highest BCUT2D eigenvalue weighted by Gasteiger charge is 2.30. The lowest BCUT2D eigenvalue weighted by atomic mass is 10.0. The van der Waals surface area contributed by atoms with Gasteiger partial charge >= 0.3 is 5.97 Å². The van der Waals surface area contributed by atoms with Gasteiger partial charge in [0.15, 0.2) is 5.76 Å². The molecule has 5 nitrogen and oxygen atoms in total. The summed E-state index contributed by atoms with van der Waals surface area (Å²) in [7, 11) is 0. The van der Waals surface area contributed by atoms with Crippen molar-refractivity contribution in [2.75, 3.05) is 0 Å². The Hall–Kier alpha value is -3.67. The van der Waals surface area contributed by atoms with Gasteiger partial charge in [0.2, 0.25) is 5.78 Å². The smallest absolute Gasteiger partial charge is 0.343 e. The molecule has 2 heterocycles. The van der Waals surface area contributed by atoms with Gasteiger partial charge in [0.1, 0.15) is 28.8 Å². The maximum atomic E-state index is 13.0. The number of aryl methyl sites for hydroxylation is 2. The topological polar surface area (TPSA) is 65.7 Å². The number of hydrogen-bond donors (Lipinski definition) is 0. The minimum atomic E-state index is -0.634. The zero-order chi connectivity index (χ0) is 19.8. The average Bonchev–Trinajstić information content (AvgIpc) is 3.19. The maximum absolute atomic E-state index is 13.0. The SMILES string of the molecule is Cc1ccc(/C=C2\Oc3cc(OC(=O)c4ccc(F)cc4)cc(C)c3C2=O)o1. The Morgan fingerprint density at radius 2 is 1.82 bits per heavy atom. The molecule has 0 bridgehead atoms. The van der Waals surface area contributed by atoms with Gasteiger partial charge in [-0.15, -0.1) is 0 Å². The summed E-state index contributed by atoms with van der Waals surface area (Å²) in [5.41, 5.74) is 1.24. The number of halogens is 1. The third kappa shape index (κ3) is 3.32. The molecule has 140 valence electrons. The quantitative estimate of drug-likeness (QED) is 0.370. The van der Waals surface area contributed by atoms with Crippen LogP contribution >= 0.6 is 0 Å². The maximum Gasteiger partial charge on any atom is 0.343 e. The van der Waals surface area contributed by atoms with E-state index in [1.54, 1.807) is 32.0 Å². The lowest BCUT2D eigenvalue weighted by Gasteiger charge is -2.07. The number of ether oxygens (including phenoxy) is 2. The first-order valence-electron chi connectivity index (χ1n) is 8.54. The predicted octanol–water partition coefficient (Wildman–Crippen LogP) is 4.87. The van der Waals surface area contributed by atoms with Crippen LogP contribution in [0.5, 0.6) is 11.5 Å². The van der Waals surface area contributed by atoms with E-state index < -0.39 is 11.8 Å². The zero-order valence-corrected chi connectivity index (χ0v) is 15.1. The van der Waals surface area contributed by atoms with Crippen LogP contribution in [0.3, 0.4) is 0 Å². The van der Waals surface area contributed by atoms with Crippen LogP contribution in [0.25, 0.3) is 6.08 Å². The molecule has 0 radical (unpaired) electrons. The first-order valence-corrected chi connectivity index (χ1v) is 8.54. The number of fused-ring (bicyclic) bond motifs is 1. The fourth-order valence-corrected chi connectivity index (χ4v) is 2.95. The fraction of sp³-hybridized carbons (Fsp3) is 0.0909. The Kier molecular flexibility index (Phi) is 4.31. The molecule has 0 unspecified atom stereocenters. The van der Waals surface area contributed by atoms with E-state index in [9.17, 15) is 14.0 Å². The molecule has 0 N–H and O–H groups in total. The molecule has 28 heavy (non-hydrogen) atoms. The molecule has 2 aromatic carbocycles. The molecule has 0 saturated heterocycles. The van der Waals surface area contributed by atoms with Crippen molar-refractivity contribution in [3.63, 3.8) is 0 Å². The predicted molar refractivity (Wildman–Crippen MR) is 98.9 cm³/mol. The molecule has 6 heteroatoms. The first-order chi connectivity index (χ1) is 13.4. The molecule has 1 aliphatic heterocycles. The Bertz CT molecular complexity index is 1120. The van der Waals surface area contributed by atoms with Crippen molar-refractivity contribution in [2.24, 2.45) is 0 Å². The van der Waals surface area contributed by atoms with Crippen LogP contribution in [-0.4, -0.2) is 11.8 Å². The molecule has 1 aromatic heterocycles. The lowest BCUT2D eigenvalue weighted by Crippen LogP contribution is -2.08. The van der Waals surface area contributed by atoms with Crippen molar-refractivity contribution in [1.29, 1.82) is 0 Å². The minimum Gasteiger partial charge on any atom is -0.462 e. The fourth-order valence-electron chi connectivity index (χ4n) is 2.95. The van der Waals surface area contributed by atoms with Crippen molar-refractivity contribution in [3.05, 3.63) is 88.3 Å². The molecule has 1 aliphatic rings. The Labute approximate surface area is 160 Å². The number of furan rings is 1. The minimum absolute atomic E-state index is 0.134. The molecule has 0 amide bonds. The van der Waals surface area contributed by atoms with Crippen LogP contribution in [0.15, 0.2) is 58.7 Å². The van der Waals surface area contributed by atoms with E-state index in [4.69, 9.17) is 13.9 Å².